The van der Waals surface area contributed by atoms with E-state index in [9.17, 15) is 13.2 Å². The van der Waals surface area contributed by atoms with Crippen LogP contribution in [0.4, 0.5) is 5.69 Å². The number of hydrogen-bond donors (Lipinski definition) is 2. The van der Waals surface area contributed by atoms with Crippen molar-refractivity contribution in [2.75, 3.05) is 4.72 Å². The number of rotatable bonds is 6. The van der Waals surface area contributed by atoms with E-state index in [0.717, 1.165) is 16.7 Å². The maximum absolute atomic E-state index is 12.9. The number of sulfonamides is 1. The van der Waals surface area contributed by atoms with Crippen molar-refractivity contribution in [3.8, 4) is 0 Å². The van der Waals surface area contributed by atoms with Gasteiger partial charge in [-0.05, 0) is 73.4 Å². The van der Waals surface area contributed by atoms with Gasteiger partial charge in [0, 0.05) is 30.2 Å². The van der Waals surface area contributed by atoms with Gasteiger partial charge in [-0.15, -0.1) is 0 Å². The summed E-state index contributed by atoms with van der Waals surface area (Å²) in [6.07, 6.45) is 3.32. The molecule has 2 N–H and O–H groups in total. The number of benzene rings is 2. The molecule has 0 spiro atoms. The molecule has 0 aliphatic carbocycles. The van der Waals surface area contributed by atoms with E-state index in [1.165, 1.54) is 6.07 Å². The van der Waals surface area contributed by atoms with Gasteiger partial charge in [0.1, 0.15) is 0 Å². The van der Waals surface area contributed by atoms with Gasteiger partial charge < -0.3 is 5.32 Å². The van der Waals surface area contributed by atoms with Crippen molar-refractivity contribution in [1.82, 2.24) is 10.3 Å². The van der Waals surface area contributed by atoms with Gasteiger partial charge >= 0.3 is 0 Å². The van der Waals surface area contributed by atoms with Gasteiger partial charge in [0.15, 0.2) is 0 Å². The number of pyridine rings is 1. The molecule has 0 fully saturated rings. The normalized spacial score (nSPS) is 11.1. The van der Waals surface area contributed by atoms with Gasteiger partial charge in [0.25, 0.3) is 15.9 Å². The molecule has 7 heteroatoms. The van der Waals surface area contributed by atoms with E-state index >= 15 is 0 Å². The Bertz CT molecular complexity index is 1140. The fourth-order valence-electron chi connectivity index (χ4n) is 2.83. The van der Waals surface area contributed by atoms with E-state index in [0.29, 0.717) is 17.8 Å². The molecule has 0 radical (unpaired) electrons. The topological polar surface area (TPSA) is 88.2 Å². The van der Waals surface area contributed by atoms with Crippen LogP contribution in [0.5, 0.6) is 0 Å². The number of nitrogens with zero attached hydrogens (tertiary/aromatic N) is 1. The molecule has 2 aromatic carbocycles. The molecule has 0 bridgehead atoms. The van der Waals surface area contributed by atoms with Gasteiger partial charge in [-0.3, -0.25) is 14.5 Å². The molecule has 3 rings (SSSR count). The highest BCUT2D eigenvalue weighted by Crippen LogP contribution is 2.22. The average Bonchev–Trinajstić information content (AvgIpc) is 2.69. The molecule has 0 atom stereocenters. The summed E-state index contributed by atoms with van der Waals surface area (Å²) in [5, 5.41) is 2.78. The van der Waals surface area contributed by atoms with Crippen LogP contribution in [0.1, 0.15) is 32.6 Å². The third-order valence-electron chi connectivity index (χ3n) is 4.67. The first-order chi connectivity index (χ1) is 13.8. The lowest BCUT2D eigenvalue weighted by molar-refractivity contribution is 0.0950. The lowest BCUT2D eigenvalue weighted by Gasteiger charge is -2.13. The molecule has 0 unspecified atom stereocenters. The summed E-state index contributed by atoms with van der Waals surface area (Å²) in [6, 6.07) is 13.7. The van der Waals surface area contributed by atoms with Crippen molar-refractivity contribution < 1.29 is 13.2 Å². The highest BCUT2D eigenvalue weighted by atomic mass is 32.2. The van der Waals surface area contributed by atoms with Crippen LogP contribution in [0.2, 0.25) is 0 Å². The molecule has 0 aliphatic heterocycles. The Balaban J connectivity index is 1.81. The zero-order valence-corrected chi connectivity index (χ0v) is 17.4. The second-order valence-corrected chi connectivity index (χ2v) is 8.58. The highest BCUT2D eigenvalue weighted by molar-refractivity contribution is 7.92. The Morgan fingerprint density at radius 2 is 1.72 bits per heavy atom. The Labute approximate surface area is 171 Å². The van der Waals surface area contributed by atoms with E-state index in [2.05, 4.69) is 15.0 Å². The van der Waals surface area contributed by atoms with E-state index in [1.807, 2.05) is 26.0 Å². The second-order valence-electron chi connectivity index (χ2n) is 6.93. The molecule has 6 nitrogen and oxygen atoms in total. The van der Waals surface area contributed by atoms with Crippen LogP contribution in [-0.4, -0.2) is 19.3 Å². The smallest absolute Gasteiger partial charge is 0.262 e. The van der Waals surface area contributed by atoms with E-state index in [1.54, 1.807) is 49.6 Å². The molecule has 150 valence electrons. The number of anilines is 1. The Hall–Kier alpha value is -3.19. The summed E-state index contributed by atoms with van der Waals surface area (Å²) in [5.41, 5.74) is 4.25. The molecule has 1 amide bonds. The lowest BCUT2D eigenvalue weighted by atomic mass is 10.1. The van der Waals surface area contributed by atoms with E-state index < -0.39 is 10.0 Å². The zero-order chi connectivity index (χ0) is 21.0. The first kappa shape index (κ1) is 20.5. The molecule has 3 aromatic rings. The number of amides is 1. The third kappa shape index (κ3) is 5.00. The summed E-state index contributed by atoms with van der Waals surface area (Å²) in [7, 11) is -3.84. The largest absolute Gasteiger partial charge is 0.348 e. The monoisotopic (exact) mass is 409 g/mol. The standard InChI is InChI=1S/C22H23N3O3S/c1-15-7-9-20(11-17(15)3)25-29(27,28)21-12-19(8-6-16(21)2)22(26)24-14-18-5-4-10-23-13-18/h4-13,25H,14H2,1-3H3,(H,24,26). The van der Waals surface area contributed by atoms with Gasteiger partial charge in [-0.25, -0.2) is 8.42 Å². The summed E-state index contributed by atoms with van der Waals surface area (Å²) in [6.45, 7) is 5.90. The summed E-state index contributed by atoms with van der Waals surface area (Å²) < 4.78 is 28.4. The Kier molecular flexibility index (Phi) is 5.98. The van der Waals surface area contributed by atoms with Crippen molar-refractivity contribution in [3.63, 3.8) is 0 Å². The molecule has 0 aliphatic rings. The minimum atomic E-state index is -3.84. The number of aromatic nitrogens is 1. The molecule has 0 saturated carbocycles. The van der Waals surface area contributed by atoms with Gasteiger partial charge in [-0.1, -0.05) is 18.2 Å². The van der Waals surface area contributed by atoms with E-state index in [-0.39, 0.29) is 16.4 Å². The highest BCUT2D eigenvalue weighted by Gasteiger charge is 2.19. The van der Waals surface area contributed by atoms with Crippen LogP contribution in [0.25, 0.3) is 0 Å². The van der Waals surface area contributed by atoms with Crippen molar-refractivity contribution in [3.05, 3.63) is 88.7 Å². The van der Waals surface area contributed by atoms with Crippen LogP contribution in [0.3, 0.4) is 0 Å². The van der Waals surface area contributed by atoms with Crippen LogP contribution >= 0.6 is 0 Å². The maximum atomic E-state index is 12.9. The van der Waals surface area contributed by atoms with Crippen molar-refractivity contribution in [2.45, 2.75) is 32.2 Å². The predicted octanol–water partition coefficient (Wildman–Crippen LogP) is 3.74. The van der Waals surface area contributed by atoms with Gasteiger partial charge in [0.2, 0.25) is 0 Å². The summed E-state index contributed by atoms with van der Waals surface area (Å²) >= 11 is 0. The van der Waals surface area contributed by atoms with Crippen LogP contribution in [0, 0.1) is 20.8 Å². The number of carbonyl (C=O) groups excluding carboxylic acids is 1. The third-order valence-corrected chi connectivity index (χ3v) is 6.20. The molecule has 1 aromatic heterocycles. The predicted molar refractivity (Wildman–Crippen MR) is 113 cm³/mol. The molecular formula is C22H23N3O3S. The molecule has 29 heavy (non-hydrogen) atoms. The quantitative estimate of drug-likeness (QED) is 0.649. The SMILES string of the molecule is Cc1ccc(NS(=O)(=O)c2cc(C(=O)NCc3cccnc3)ccc2C)cc1C. The minimum absolute atomic E-state index is 0.0738. The number of carbonyl (C=O) groups is 1. The number of hydrogen-bond acceptors (Lipinski definition) is 4. The summed E-state index contributed by atoms with van der Waals surface area (Å²) in [4.78, 5) is 16.6. The van der Waals surface area contributed by atoms with Crippen LogP contribution in [0.15, 0.2) is 65.8 Å². The zero-order valence-electron chi connectivity index (χ0n) is 16.6. The van der Waals surface area contributed by atoms with Gasteiger partial charge in [0.05, 0.1) is 4.90 Å². The van der Waals surface area contributed by atoms with Gasteiger partial charge in [-0.2, -0.15) is 0 Å². The maximum Gasteiger partial charge on any atom is 0.262 e. The Morgan fingerprint density at radius 3 is 2.41 bits per heavy atom. The van der Waals surface area contributed by atoms with Crippen molar-refractivity contribution in [1.29, 1.82) is 0 Å². The average molecular weight is 410 g/mol. The van der Waals surface area contributed by atoms with Crippen LogP contribution < -0.4 is 10.0 Å². The first-order valence-electron chi connectivity index (χ1n) is 9.14. The Morgan fingerprint density at radius 1 is 0.966 bits per heavy atom. The molecule has 1 heterocycles. The van der Waals surface area contributed by atoms with Crippen LogP contribution in [-0.2, 0) is 16.6 Å². The number of nitrogens with one attached hydrogen (secondary N) is 2. The lowest BCUT2D eigenvalue weighted by Crippen LogP contribution is -2.23. The van der Waals surface area contributed by atoms with Crippen molar-refractivity contribution in [2.24, 2.45) is 0 Å². The first-order valence-corrected chi connectivity index (χ1v) is 10.6. The fraction of sp³-hybridized carbons (Fsp3) is 0.182. The minimum Gasteiger partial charge on any atom is -0.348 e. The molecule has 0 saturated heterocycles. The van der Waals surface area contributed by atoms with Crippen molar-refractivity contribution >= 4 is 21.6 Å². The van der Waals surface area contributed by atoms with E-state index in [4.69, 9.17) is 0 Å². The summed E-state index contributed by atoms with van der Waals surface area (Å²) in [5.74, 6) is -0.350. The fourth-order valence-corrected chi connectivity index (χ4v) is 4.15. The second kappa shape index (κ2) is 8.45. The number of aryl methyl sites for hydroxylation is 3. The molecular weight excluding hydrogens is 386 g/mol.